The van der Waals surface area contributed by atoms with Crippen LogP contribution < -0.4 is 4.74 Å². The zero-order valence-electron chi connectivity index (χ0n) is 10.8. The molecule has 0 aliphatic heterocycles. The number of carbonyl (C=O) groups excluding carboxylic acids is 1. The minimum atomic E-state index is -0.0467. The second-order valence-corrected chi connectivity index (χ2v) is 4.37. The first-order valence-electron chi connectivity index (χ1n) is 6.08. The summed E-state index contributed by atoms with van der Waals surface area (Å²) in [6.07, 6.45) is 0.630. The topological polar surface area (TPSA) is 59.7 Å². The molecule has 0 fully saturated rings. The quantitative estimate of drug-likeness (QED) is 0.737. The van der Waals surface area contributed by atoms with Crippen molar-refractivity contribution in [2.24, 2.45) is 0 Å². The maximum atomic E-state index is 11.1. The van der Waals surface area contributed by atoms with Crippen LogP contribution in [-0.4, -0.2) is 18.5 Å². The number of hydrogen-bond acceptors (Lipinski definition) is 4. The molecule has 20 heavy (non-hydrogen) atoms. The Labute approximate surface area is 115 Å². The van der Waals surface area contributed by atoms with E-state index in [4.69, 9.17) is 9.15 Å². The molecular formula is C16H12O4. The lowest BCUT2D eigenvalue weighted by molar-refractivity contribution is 0.112. The summed E-state index contributed by atoms with van der Waals surface area (Å²) >= 11 is 0. The first-order valence-corrected chi connectivity index (χ1v) is 6.08. The van der Waals surface area contributed by atoms with Gasteiger partial charge in [-0.1, -0.05) is 0 Å². The number of furan rings is 1. The Hall–Kier alpha value is -2.75. The van der Waals surface area contributed by atoms with Gasteiger partial charge < -0.3 is 14.3 Å². The molecule has 3 rings (SSSR count). The predicted molar refractivity (Wildman–Crippen MR) is 75.3 cm³/mol. The van der Waals surface area contributed by atoms with Crippen LogP contribution in [0.4, 0.5) is 0 Å². The van der Waals surface area contributed by atoms with E-state index in [-0.39, 0.29) is 11.3 Å². The van der Waals surface area contributed by atoms with Crippen molar-refractivity contribution >= 4 is 17.3 Å². The molecule has 0 atom stereocenters. The van der Waals surface area contributed by atoms with Crippen molar-refractivity contribution in [3.05, 3.63) is 48.0 Å². The van der Waals surface area contributed by atoms with Gasteiger partial charge in [0.25, 0.3) is 0 Å². The summed E-state index contributed by atoms with van der Waals surface area (Å²) in [6.45, 7) is 0. The van der Waals surface area contributed by atoms with Crippen molar-refractivity contribution in [2.75, 3.05) is 7.11 Å². The first-order chi connectivity index (χ1) is 9.72. The van der Waals surface area contributed by atoms with Gasteiger partial charge in [0.05, 0.1) is 12.7 Å². The molecule has 2 aromatic carbocycles. The van der Waals surface area contributed by atoms with Crippen LogP contribution in [0.3, 0.4) is 0 Å². The minimum absolute atomic E-state index is 0.0467. The Morgan fingerprint density at radius 3 is 2.55 bits per heavy atom. The third-order valence-electron chi connectivity index (χ3n) is 3.21. The Balaban J connectivity index is 2.14. The van der Waals surface area contributed by atoms with E-state index in [0.717, 1.165) is 11.3 Å². The third-order valence-corrected chi connectivity index (χ3v) is 3.21. The maximum Gasteiger partial charge on any atom is 0.154 e. The van der Waals surface area contributed by atoms with E-state index in [0.29, 0.717) is 23.0 Å². The van der Waals surface area contributed by atoms with Crippen molar-refractivity contribution < 1.29 is 19.1 Å². The van der Waals surface area contributed by atoms with Crippen molar-refractivity contribution in [1.82, 2.24) is 0 Å². The van der Waals surface area contributed by atoms with Gasteiger partial charge in [0, 0.05) is 10.9 Å². The average molecular weight is 268 g/mol. The number of hydrogen-bond donors (Lipinski definition) is 1. The van der Waals surface area contributed by atoms with Crippen LogP contribution in [-0.2, 0) is 0 Å². The van der Waals surface area contributed by atoms with E-state index in [1.807, 2.05) is 24.3 Å². The van der Waals surface area contributed by atoms with Crippen LogP contribution >= 0.6 is 0 Å². The van der Waals surface area contributed by atoms with Gasteiger partial charge in [0.2, 0.25) is 0 Å². The number of fused-ring (bicyclic) bond motifs is 1. The van der Waals surface area contributed by atoms with Crippen molar-refractivity contribution in [2.45, 2.75) is 0 Å². The number of phenols is 1. The highest BCUT2D eigenvalue weighted by molar-refractivity contribution is 6.00. The van der Waals surface area contributed by atoms with Crippen molar-refractivity contribution in [1.29, 1.82) is 0 Å². The normalized spacial score (nSPS) is 10.7. The van der Waals surface area contributed by atoms with E-state index in [1.54, 1.807) is 19.2 Å². The fraction of sp³-hybridized carbons (Fsp3) is 0.0625. The molecule has 3 aromatic rings. The predicted octanol–water partition coefficient (Wildman–Crippen LogP) is 3.63. The second-order valence-electron chi connectivity index (χ2n) is 4.37. The molecule has 0 aliphatic rings. The summed E-state index contributed by atoms with van der Waals surface area (Å²) in [4.78, 5) is 11.1. The van der Waals surface area contributed by atoms with Gasteiger partial charge >= 0.3 is 0 Å². The van der Waals surface area contributed by atoms with Crippen LogP contribution in [0.5, 0.6) is 11.5 Å². The zero-order valence-corrected chi connectivity index (χ0v) is 10.8. The monoisotopic (exact) mass is 268 g/mol. The van der Waals surface area contributed by atoms with Crippen LogP contribution in [0.15, 0.2) is 46.9 Å². The Bertz CT molecular complexity index is 769. The molecule has 0 bridgehead atoms. The number of aldehydes is 1. The van der Waals surface area contributed by atoms with Crippen LogP contribution in [0.2, 0.25) is 0 Å². The van der Waals surface area contributed by atoms with Crippen LogP contribution in [0.1, 0.15) is 10.4 Å². The molecule has 1 N–H and O–H groups in total. The summed E-state index contributed by atoms with van der Waals surface area (Å²) in [7, 11) is 1.61. The molecule has 0 amide bonds. The zero-order chi connectivity index (χ0) is 14.1. The first kappa shape index (κ1) is 12.3. The molecule has 4 nitrogen and oxygen atoms in total. The van der Waals surface area contributed by atoms with Crippen LogP contribution in [0.25, 0.3) is 22.3 Å². The standard InChI is InChI=1S/C16H12O4/c1-19-11-4-2-10(3-5-11)16-8-12-13(9-17)14(18)6-7-15(12)20-16/h2-9,18H,1H3. The van der Waals surface area contributed by atoms with E-state index >= 15 is 0 Å². The number of benzene rings is 2. The fourth-order valence-electron chi connectivity index (χ4n) is 2.14. The number of methoxy groups -OCH3 is 1. The molecule has 4 heteroatoms. The lowest BCUT2D eigenvalue weighted by Crippen LogP contribution is -1.81. The summed E-state index contributed by atoms with van der Waals surface area (Å²) in [6, 6.07) is 12.3. The van der Waals surface area contributed by atoms with E-state index in [2.05, 4.69) is 0 Å². The minimum Gasteiger partial charge on any atom is -0.507 e. The van der Waals surface area contributed by atoms with Gasteiger partial charge in [-0.05, 0) is 42.5 Å². The molecule has 1 aromatic heterocycles. The van der Waals surface area contributed by atoms with E-state index < -0.39 is 0 Å². The summed E-state index contributed by atoms with van der Waals surface area (Å²) in [5.41, 5.74) is 1.68. The smallest absolute Gasteiger partial charge is 0.154 e. The maximum absolute atomic E-state index is 11.1. The van der Waals surface area contributed by atoms with Gasteiger partial charge in [0.15, 0.2) is 6.29 Å². The van der Waals surface area contributed by atoms with Crippen LogP contribution in [0, 0.1) is 0 Å². The summed E-state index contributed by atoms with van der Waals surface area (Å²) < 4.78 is 10.8. The van der Waals surface area contributed by atoms with Gasteiger partial charge in [0.1, 0.15) is 22.8 Å². The highest BCUT2D eigenvalue weighted by Gasteiger charge is 2.12. The highest BCUT2D eigenvalue weighted by atomic mass is 16.5. The Morgan fingerprint density at radius 1 is 1.15 bits per heavy atom. The third kappa shape index (κ3) is 1.91. The summed E-state index contributed by atoms with van der Waals surface area (Å²) in [5.74, 6) is 1.35. The van der Waals surface area contributed by atoms with Gasteiger partial charge in [-0.25, -0.2) is 0 Å². The number of carbonyl (C=O) groups is 1. The molecule has 0 spiro atoms. The molecule has 0 saturated heterocycles. The van der Waals surface area contributed by atoms with Gasteiger partial charge in [-0.2, -0.15) is 0 Å². The molecule has 0 aliphatic carbocycles. The fourth-order valence-corrected chi connectivity index (χ4v) is 2.14. The molecule has 0 saturated carbocycles. The molecule has 0 unspecified atom stereocenters. The number of rotatable bonds is 3. The second kappa shape index (κ2) is 4.74. The Morgan fingerprint density at radius 2 is 1.90 bits per heavy atom. The van der Waals surface area contributed by atoms with Gasteiger partial charge in [-0.3, -0.25) is 4.79 Å². The summed E-state index contributed by atoms with van der Waals surface area (Å²) in [5, 5.41) is 10.3. The number of aromatic hydroxyl groups is 1. The van der Waals surface area contributed by atoms with Gasteiger partial charge in [-0.15, -0.1) is 0 Å². The molecule has 0 radical (unpaired) electrons. The molecule has 100 valence electrons. The van der Waals surface area contributed by atoms with E-state index in [9.17, 15) is 9.90 Å². The van der Waals surface area contributed by atoms with Crippen molar-refractivity contribution in [3.63, 3.8) is 0 Å². The highest BCUT2D eigenvalue weighted by Crippen LogP contribution is 2.33. The SMILES string of the molecule is COc1ccc(-c2cc3c(C=O)c(O)ccc3o2)cc1. The van der Waals surface area contributed by atoms with Crippen molar-refractivity contribution in [3.8, 4) is 22.8 Å². The van der Waals surface area contributed by atoms with E-state index in [1.165, 1.54) is 6.07 Å². The number of phenolic OH excluding ortho intramolecular Hbond substituents is 1. The average Bonchev–Trinajstić information content (AvgIpc) is 2.91. The molecule has 1 heterocycles. The largest absolute Gasteiger partial charge is 0.507 e. The number of ether oxygens (including phenoxy) is 1. The molecular weight excluding hydrogens is 256 g/mol. The lowest BCUT2D eigenvalue weighted by Gasteiger charge is -2.00. The lowest BCUT2D eigenvalue weighted by atomic mass is 10.1. The Kier molecular flexibility index (Phi) is 2.91.